The smallest absolute Gasteiger partial charge is 0.269 e. The van der Waals surface area contributed by atoms with Crippen LogP contribution in [0.15, 0.2) is 24.3 Å². The number of hydrazine groups is 1. The van der Waals surface area contributed by atoms with Crippen molar-refractivity contribution in [1.82, 2.24) is 5.01 Å². The minimum atomic E-state index is -4.26. The van der Waals surface area contributed by atoms with E-state index in [0.29, 0.717) is 0 Å². The van der Waals surface area contributed by atoms with Crippen LogP contribution in [0.4, 0.5) is 13.2 Å². The number of nitrogens with zero attached hydrogens (tertiary/aromatic N) is 1. The van der Waals surface area contributed by atoms with Crippen LogP contribution in [0.1, 0.15) is 29.9 Å². The number of halogens is 3. The van der Waals surface area contributed by atoms with Gasteiger partial charge in [0.15, 0.2) is 0 Å². The summed E-state index contributed by atoms with van der Waals surface area (Å²) in [6, 6.07) is 5.62. The first-order valence-electron chi connectivity index (χ1n) is 5.63. The standard InChI is InChI=1S/C12H15F3N2/c13-12(14,15)11-3-1-2-10(8-11)9-4-6-17(16)7-5-9/h1-3,8-9H,4-7,16H2. The fourth-order valence-corrected chi connectivity index (χ4v) is 2.20. The van der Waals surface area contributed by atoms with Crippen molar-refractivity contribution in [3.63, 3.8) is 0 Å². The van der Waals surface area contributed by atoms with E-state index in [1.807, 2.05) is 0 Å². The first-order chi connectivity index (χ1) is 7.97. The van der Waals surface area contributed by atoms with Gasteiger partial charge in [0.25, 0.3) is 0 Å². The largest absolute Gasteiger partial charge is 0.416 e. The number of benzene rings is 1. The van der Waals surface area contributed by atoms with Crippen LogP contribution in [0.2, 0.25) is 0 Å². The molecule has 1 aliphatic heterocycles. The van der Waals surface area contributed by atoms with Gasteiger partial charge in [0.2, 0.25) is 0 Å². The number of nitrogens with two attached hydrogens (primary N) is 1. The van der Waals surface area contributed by atoms with Gasteiger partial charge in [-0.2, -0.15) is 13.2 Å². The van der Waals surface area contributed by atoms with Gasteiger partial charge in [-0.15, -0.1) is 0 Å². The molecule has 0 atom stereocenters. The van der Waals surface area contributed by atoms with Crippen LogP contribution in [-0.2, 0) is 6.18 Å². The van der Waals surface area contributed by atoms with Crippen molar-refractivity contribution in [2.75, 3.05) is 13.1 Å². The van der Waals surface area contributed by atoms with Gasteiger partial charge < -0.3 is 0 Å². The van der Waals surface area contributed by atoms with Crippen LogP contribution in [-0.4, -0.2) is 18.1 Å². The molecule has 0 spiro atoms. The summed E-state index contributed by atoms with van der Waals surface area (Å²) >= 11 is 0. The first-order valence-corrected chi connectivity index (χ1v) is 5.63. The third-order valence-corrected chi connectivity index (χ3v) is 3.21. The minimum absolute atomic E-state index is 0.192. The predicted octanol–water partition coefficient (Wildman–Crippen LogP) is 2.76. The molecule has 0 aromatic heterocycles. The van der Waals surface area contributed by atoms with Crippen LogP contribution in [0.25, 0.3) is 0 Å². The SMILES string of the molecule is NN1CCC(c2cccc(C(F)(F)F)c2)CC1. The molecule has 0 amide bonds. The van der Waals surface area contributed by atoms with Gasteiger partial charge in [-0.25, -0.2) is 5.01 Å². The van der Waals surface area contributed by atoms with Gasteiger partial charge in [-0.05, 0) is 30.4 Å². The van der Waals surface area contributed by atoms with Crippen molar-refractivity contribution in [1.29, 1.82) is 0 Å². The molecule has 1 heterocycles. The van der Waals surface area contributed by atoms with Gasteiger partial charge in [0, 0.05) is 13.1 Å². The average molecular weight is 244 g/mol. The molecule has 2 nitrogen and oxygen atoms in total. The molecule has 1 aromatic rings. The van der Waals surface area contributed by atoms with E-state index in [9.17, 15) is 13.2 Å². The third-order valence-electron chi connectivity index (χ3n) is 3.21. The lowest BCUT2D eigenvalue weighted by molar-refractivity contribution is -0.137. The summed E-state index contributed by atoms with van der Waals surface area (Å²) in [4.78, 5) is 0. The summed E-state index contributed by atoms with van der Waals surface area (Å²) in [6.45, 7) is 1.47. The molecule has 0 saturated carbocycles. The van der Waals surface area contributed by atoms with E-state index in [1.165, 1.54) is 12.1 Å². The summed E-state index contributed by atoms with van der Waals surface area (Å²) in [5.41, 5.74) is 0.207. The summed E-state index contributed by atoms with van der Waals surface area (Å²) in [7, 11) is 0. The normalized spacial score (nSPS) is 19.5. The molecule has 5 heteroatoms. The second-order valence-electron chi connectivity index (χ2n) is 4.43. The molecule has 0 bridgehead atoms. The number of rotatable bonds is 1. The lowest BCUT2D eigenvalue weighted by Crippen LogP contribution is -2.38. The first kappa shape index (κ1) is 12.4. The predicted molar refractivity (Wildman–Crippen MR) is 59.2 cm³/mol. The van der Waals surface area contributed by atoms with Crippen molar-refractivity contribution in [2.24, 2.45) is 5.84 Å². The molecule has 1 saturated heterocycles. The van der Waals surface area contributed by atoms with Crippen LogP contribution in [0.5, 0.6) is 0 Å². The molecule has 17 heavy (non-hydrogen) atoms. The van der Waals surface area contributed by atoms with Crippen LogP contribution >= 0.6 is 0 Å². The van der Waals surface area contributed by atoms with E-state index < -0.39 is 11.7 Å². The Morgan fingerprint density at radius 2 is 1.82 bits per heavy atom. The van der Waals surface area contributed by atoms with E-state index in [0.717, 1.165) is 37.6 Å². The van der Waals surface area contributed by atoms with Crippen molar-refractivity contribution in [3.05, 3.63) is 35.4 Å². The Balaban J connectivity index is 2.16. The topological polar surface area (TPSA) is 29.3 Å². The van der Waals surface area contributed by atoms with Gasteiger partial charge in [0.1, 0.15) is 0 Å². The maximum absolute atomic E-state index is 12.6. The number of piperidine rings is 1. The molecule has 1 aromatic carbocycles. The Kier molecular flexibility index (Phi) is 3.40. The highest BCUT2D eigenvalue weighted by Crippen LogP contribution is 2.33. The fraction of sp³-hybridized carbons (Fsp3) is 0.500. The number of hydrogen-bond donors (Lipinski definition) is 1. The Morgan fingerprint density at radius 1 is 1.18 bits per heavy atom. The number of hydrogen-bond acceptors (Lipinski definition) is 2. The van der Waals surface area contributed by atoms with E-state index in [4.69, 9.17) is 5.84 Å². The monoisotopic (exact) mass is 244 g/mol. The summed E-state index contributed by atoms with van der Waals surface area (Å²) in [5, 5.41) is 1.71. The second-order valence-corrected chi connectivity index (χ2v) is 4.43. The van der Waals surface area contributed by atoms with Crippen molar-refractivity contribution in [2.45, 2.75) is 24.9 Å². The molecule has 94 valence electrons. The third kappa shape index (κ3) is 2.98. The maximum Gasteiger partial charge on any atom is 0.416 e. The van der Waals surface area contributed by atoms with Gasteiger partial charge in [0.05, 0.1) is 5.56 Å². The molecule has 0 aliphatic carbocycles. The molecule has 0 radical (unpaired) electrons. The Bertz CT molecular complexity index is 382. The molecule has 2 rings (SSSR count). The Morgan fingerprint density at radius 3 is 2.41 bits per heavy atom. The van der Waals surface area contributed by atoms with E-state index in [2.05, 4.69) is 0 Å². The quantitative estimate of drug-likeness (QED) is 0.770. The van der Waals surface area contributed by atoms with Gasteiger partial charge >= 0.3 is 6.18 Å². The zero-order valence-electron chi connectivity index (χ0n) is 9.37. The van der Waals surface area contributed by atoms with Crippen LogP contribution < -0.4 is 5.84 Å². The molecule has 0 unspecified atom stereocenters. The minimum Gasteiger partial charge on any atom is -0.269 e. The summed E-state index contributed by atoms with van der Waals surface area (Å²) in [5.74, 6) is 5.82. The fourth-order valence-electron chi connectivity index (χ4n) is 2.20. The lowest BCUT2D eigenvalue weighted by atomic mass is 9.89. The van der Waals surface area contributed by atoms with Crippen molar-refractivity contribution >= 4 is 0 Å². The molecular weight excluding hydrogens is 229 g/mol. The van der Waals surface area contributed by atoms with E-state index in [-0.39, 0.29) is 5.92 Å². The van der Waals surface area contributed by atoms with Crippen molar-refractivity contribution in [3.8, 4) is 0 Å². The molecule has 1 aliphatic rings. The highest BCUT2D eigenvalue weighted by Gasteiger charge is 2.31. The van der Waals surface area contributed by atoms with Crippen LogP contribution in [0, 0.1) is 0 Å². The molecule has 2 N–H and O–H groups in total. The zero-order valence-corrected chi connectivity index (χ0v) is 9.37. The highest BCUT2D eigenvalue weighted by molar-refractivity contribution is 5.28. The Hall–Kier alpha value is -1.07. The van der Waals surface area contributed by atoms with Crippen molar-refractivity contribution < 1.29 is 13.2 Å². The lowest BCUT2D eigenvalue weighted by Gasteiger charge is -2.29. The van der Waals surface area contributed by atoms with E-state index >= 15 is 0 Å². The second kappa shape index (κ2) is 4.66. The van der Waals surface area contributed by atoms with Gasteiger partial charge in [-0.3, -0.25) is 5.84 Å². The summed E-state index contributed by atoms with van der Waals surface area (Å²) in [6.07, 6.45) is -2.62. The van der Waals surface area contributed by atoms with Crippen LogP contribution in [0.3, 0.4) is 0 Å². The number of alkyl halides is 3. The molecular formula is C12H15F3N2. The Labute approximate surface area is 98.2 Å². The average Bonchev–Trinajstić information content (AvgIpc) is 2.29. The zero-order chi connectivity index (χ0) is 12.5. The van der Waals surface area contributed by atoms with Gasteiger partial charge in [-0.1, -0.05) is 18.2 Å². The highest BCUT2D eigenvalue weighted by atomic mass is 19.4. The molecule has 1 fully saturated rings. The summed E-state index contributed by atoms with van der Waals surface area (Å²) < 4.78 is 37.7. The van der Waals surface area contributed by atoms with E-state index in [1.54, 1.807) is 11.1 Å². The maximum atomic E-state index is 12.6.